The molecule has 1 N–H and O–H groups in total. The van der Waals surface area contributed by atoms with E-state index < -0.39 is 17.1 Å². The molecule has 3 aromatic rings. The van der Waals surface area contributed by atoms with Crippen LogP contribution in [-0.4, -0.2) is 22.2 Å². The number of benzene rings is 2. The lowest BCUT2D eigenvalue weighted by Gasteiger charge is -2.12. The van der Waals surface area contributed by atoms with Gasteiger partial charge in [0.05, 0.1) is 21.2 Å². The first-order chi connectivity index (χ1) is 14.3. The highest BCUT2D eigenvalue weighted by atomic mass is 35.5. The fraction of sp³-hybridized carbons (Fsp3) is 0. The number of carbonyl (C=O) groups excluding carboxylic acids is 2. The van der Waals surface area contributed by atoms with Crippen LogP contribution in [0.4, 0.5) is 10.5 Å². The summed E-state index contributed by atoms with van der Waals surface area (Å²) in [6, 6.07) is 14.2. The molecule has 2 heterocycles. The van der Waals surface area contributed by atoms with Crippen LogP contribution in [0.1, 0.15) is 16.1 Å². The SMILES string of the molecule is O=C(O)c1cc(-c2ccc(/C=C3/SC(=O)N(c4cccc(Cl)c4)C3=O)o2)ccc1Cl. The Labute approximate surface area is 184 Å². The first-order valence-electron chi connectivity index (χ1n) is 8.50. The van der Waals surface area contributed by atoms with E-state index in [4.69, 9.17) is 27.6 Å². The minimum Gasteiger partial charge on any atom is -0.478 e. The molecule has 0 saturated carbocycles. The average Bonchev–Trinajstić information content (AvgIpc) is 3.26. The fourth-order valence-corrected chi connectivity index (χ4v) is 4.07. The van der Waals surface area contributed by atoms with Gasteiger partial charge in [-0.3, -0.25) is 9.59 Å². The number of rotatable bonds is 4. The second-order valence-electron chi connectivity index (χ2n) is 6.20. The number of hydrogen-bond donors (Lipinski definition) is 1. The predicted molar refractivity (Wildman–Crippen MR) is 116 cm³/mol. The van der Waals surface area contributed by atoms with E-state index in [0.29, 0.717) is 27.8 Å². The predicted octanol–water partition coefficient (Wildman–Crippen LogP) is 6.19. The number of nitrogens with zero attached hydrogens (tertiary/aromatic N) is 1. The van der Waals surface area contributed by atoms with Gasteiger partial charge in [0, 0.05) is 16.7 Å². The summed E-state index contributed by atoms with van der Waals surface area (Å²) in [6.45, 7) is 0. The zero-order valence-corrected chi connectivity index (χ0v) is 17.3. The molecular formula is C21H11Cl2NO5S. The first kappa shape index (κ1) is 20.3. The second-order valence-corrected chi connectivity index (χ2v) is 8.04. The number of anilines is 1. The lowest BCUT2D eigenvalue weighted by atomic mass is 10.1. The minimum atomic E-state index is -1.15. The normalized spacial score (nSPS) is 15.3. The topological polar surface area (TPSA) is 87.8 Å². The number of halogens is 2. The summed E-state index contributed by atoms with van der Waals surface area (Å²) in [5.41, 5.74) is 0.856. The Hall–Kier alpha value is -3.00. The Bertz CT molecular complexity index is 1230. The summed E-state index contributed by atoms with van der Waals surface area (Å²) in [5.74, 6) is -0.893. The van der Waals surface area contributed by atoms with Gasteiger partial charge in [-0.2, -0.15) is 0 Å². The molecule has 150 valence electrons. The highest BCUT2D eigenvalue weighted by molar-refractivity contribution is 8.19. The van der Waals surface area contributed by atoms with Gasteiger partial charge in [0.2, 0.25) is 0 Å². The molecule has 2 aromatic carbocycles. The van der Waals surface area contributed by atoms with E-state index >= 15 is 0 Å². The van der Waals surface area contributed by atoms with Crippen molar-refractivity contribution in [2.45, 2.75) is 0 Å². The fourth-order valence-electron chi connectivity index (χ4n) is 2.86. The van der Waals surface area contributed by atoms with Crippen molar-refractivity contribution in [3.8, 4) is 11.3 Å². The lowest BCUT2D eigenvalue weighted by molar-refractivity contribution is -0.113. The summed E-state index contributed by atoms with van der Waals surface area (Å²) in [5, 5.41) is 9.30. The van der Waals surface area contributed by atoms with Crippen molar-refractivity contribution in [2.24, 2.45) is 0 Å². The van der Waals surface area contributed by atoms with Crippen LogP contribution in [0.15, 0.2) is 63.9 Å². The van der Waals surface area contributed by atoms with Crippen LogP contribution < -0.4 is 4.90 Å². The van der Waals surface area contributed by atoms with Crippen LogP contribution in [0.25, 0.3) is 17.4 Å². The number of aromatic carboxylic acids is 1. The molecule has 1 aliphatic rings. The zero-order valence-electron chi connectivity index (χ0n) is 15.0. The Balaban J connectivity index is 1.62. The summed E-state index contributed by atoms with van der Waals surface area (Å²) in [7, 11) is 0. The molecule has 1 saturated heterocycles. The summed E-state index contributed by atoms with van der Waals surface area (Å²) >= 11 is 12.6. The number of carboxylic acids is 1. The second kappa shape index (κ2) is 8.02. The van der Waals surface area contributed by atoms with Gasteiger partial charge >= 0.3 is 5.97 Å². The highest BCUT2D eigenvalue weighted by Gasteiger charge is 2.36. The molecule has 1 fully saturated rings. The third-order valence-electron chi connectivity index (χ3n) is 4.24. The number of amides is 2. The molecule has 9 heteroatoms. The van der Waals surface area contributed by atoms with Gasteiger partial charge < -0.3 is 9.52 Å². The molecule has 6 nitrogen and oxygen atoms in total. The standard InChI is InChI=1S/C21H11Cl2NO5S/c22-12-2-1-3-13(9-12)24-19(25)18(30-21(24)28)10-14-5-7-17(29-14)11-4-6-16(23)15(8-11)20(26)27/h1-10H,(H,26,27)/b18-10+. The van der Waals surface area contributed by atoms with Crippen LogP contribution in [0.5, 0.6) is 0 Å². The van der Waals surface area contributed by atoms with Gasteiger partial charge in [0.15, 0.2) is 0 Å². The molecule has 0 spiro atoms. The van der Waals surface area contributed by atoms with Gasteiger partial charge in [-0.15, -0.1) is 0 Å². The number of furan rings is 1. The molecule has 2 amide bonds. The molecule has 0 bridgehead atoms. The maximum Gasteiger partial charge on any atom is 0.337 e. The van der Waals surface area contributed by atoms with E-state index in [1.54, 1.807) is 36.4 Å². The zero-order chi connectivity index (χ0) is 21.4. The summed E-state index contributed by atoms with van der Waals surface area (Å²) < 4.78 is 5.72. The van der Waals surface area contributed by atoms with E-state index in [-0.39, 0.29) is 15.5 Å². The molecule has 0 unspecified atom stereocenters. The summed E-state index contributed by atoms with van der Waals surface area (Å²) in [6.07, 6.45) is 1.47. The van der Waals surface area contributed by atoms with Crippen molar-refractivity contribution >= 4 is 63.8 Å². The number of carboxylic acid groups (broad SMARTS) is 1. The van der Waals surface area contributed by atoms with E-state index in [1.807, 2.05) is 0 Å². The highest BCUT2D eigenvalue weighted by Crippen LogP contribution is 2.37. The Kier molecular flexibility index (Phi) is 5.42. The van der Waals surface area contributed by atoms with Crippen LogP contribution in [0, 0.1) is 0 Å². The van der Waals surface area contributed by atoms with E-state index in [0.717, 1.165) is 16.7 Å². The van der Waals surface area contributed by atoms with Crippen molar-refractivity contribution in [3.05, 3.63) is 80.9 Å². The molecule has 30 heavy (non-hydrogen) atoms. The first-order valence-corrected chi connectivity index (χ1v) is 10.1. The average molecular weight is 460 g/mol. The van der Waals surface area contributed by atoms with Gasteiger partial charge in [-0.25, -0.2) is 9.69 Å². The van der Waals surface area contributed by atoms with Gasteiger partial charge in [0.1, 0.15) is 11.5 Å². The van der Waals surface area contributed by atoms with Crippen LogP contribution in [-0.2, 0) is 4.79 Å². The van der Waals surface area contributed by atoms with Gasteiger partial charge in [-0.05, 0) is 60.3 Å². The Morgan fingerprint density at radius 2 is 1.87 bits per heavy atom. The van der Waals surface area contributed by atoms with E-state index in [2.05, 4.69) is 0 Å². The van der Waals surface area contributed by atoms with E-state index in [9.17, 15) is 19.5 Å². The van der Waals surface area contributed by atoms with E-state index in [1.165, 1.54) is 24.3 Å². The number of carbonyl (C=O) groups is 3. The Morgan fingerprint density at radius 3 is 2.60 bits per heavy atom. The molecular weight excluding hydrogens is 449 g/mol. The molecule has 0 aliphatic carbocycles. The lowest BCUT2D eigenvalue weighted by Crippen LogP contribution is -2.27. The smallest absolute Gasteiger partial charge is 0.337 e. The summed E-state index contributed by atoms with van der Waals surface area (Å²) in [4.78, 5) is 37.6. The largest absolute Gasteiger partial charge is 0.478 e. The third-order valence-corrected chi connectivity index (χ3v) is 5.68. The van der Waals surface area contributed by atoms with Gasteiger partial charge in [0.25, 0.3) is 11.1 Å². The van der Waals surface area contributed by atoms with Crippen molar-refractivity contribution in [1.29, 1.82) is 0 Å². The monoisotopic (exact) mass is 459 g/mol. The number of hydrogen-bond acceptors (Lipinski definition) is 5. The minimum absolute atomic E-state index is 0.0465. The molecule has 1 aliphatic heterocycles. The molecule has 0 radical (unpaired) electrons. The number of thioether (sulfide) groups is 1. The van der Waals surface area contributed by atoms with Crippen LogP contribution in [0.3, 0.4) is 0 Å². The quantitative estimate of drug-likeness (QED) is 0.467. The maximum absolute atomic E-state index is 12.7. The van der Waals surface area contributed by atoms with Gasteiger partial charge in [-0.1, -0.05) is 29.3 Å². The maximum atomic E-state index is 12.7. The molecule has 0 atom stereocenters. The van der Waals surface area contributed by atoms with Crippen molar-refractivity contribution in [3.63, 3.8) is 0 Å². The van der Waals surface area contributed by atoms with Crippen molar-refractivity contribution < 1.29 is 23.9 Å². The molecule has 1 aromatic heterocycles. The van der Waals surface area contributed by atoms with Crippen molar-refractivity contribution in [1.82, 2.24) is 0 Å². The van der Waals surface area contributed by atoms with Crippen LogP contribution in [0.2, 0.25) is 10.0 Å². The third kappa shape index (κ3) is 3.87. The molecule has 4 rings (SSSR count). The van der Waals surface area contributed by atoms with Crippen molar-refractivity contribution in [2.75, 3.05) is 4.90 Å². The number of imide groups is 1. The Morgan fingerprint density at radius 1 is 1.07 bits per heavy atom. The van der Waals surface area contributed by atoms with Crippen LogP contribution >= 0.6 is 35.0 Å².